The first kappa shape index (κ1) is 17.5. The third kappa shape index (κ3) is 3.87. The number of hydrogen-bond donors (Lipinski definition) is 0. The molecule has 0 amide bonds. The van der Waals surface area contributed by atoms with Gasteiger partial charge >= 0.3 is 0 Å². The summed E-state index contributed by atoms with van der Waals surface area (Å²) in [6.07, 6.45) is 8.17. The molecule has 0 aliphatic carbocycles. The summed E-state index contributed by atoms with van der Waals surface area (Å²) < 4.78 is 32.6. The van der Waals surface area contributed by atoms with E-state index in [9.17, 15) is 8.78 Å². The Labute approximate surface area is 146 Å². The molecule has 1 aliphatic heterocycles. The lowest BCUT2D eigenvalue weighted by Crippen LogP contribution is -2.42. The molecule has 1 aliphatic rings. The normalized spacial score (nSPS) is 20.8. The Morgan fingerprint density at radius 2 is 2.04 bits per heavy atom. The van der Waals surface area contributed by atoms with E-state index in [2.05, 4.69) is 35.5 Å². The lowest BCUT2D eigenvalue weighted by molar-refractivity contribution is 0.148. The molecule has 0 N–H and O–H groups in total. The van der Waals surface area contributed by atoms with Gasteiger partial charge in [-0.3, -0.25) is 4.90 Å². The average Bonchev–Trinajstić information content (AvgIpc) is 2.91. The lowest BCUT2D eigenvalue weighted by atomic mass is 10.00. The quantitative estimate of drug-likeness (QED) is 0.713. The van der Waals surface area contributed by atoms with E-state index in [0.717, 1.165) is 24.6 Å². The fourth-order valence-electron chi connectivity index (χ4n) is 3.26. The number of aromatic nitrogens is 1. The Balaban J connectivity index is 1.87. The molecule has 0 saturated carbocycles. The van der Waals surface area contributed by atoms with Gasteiger partial charge in [0.25, 0.3) is 0 Å². The molecular weight excluding hydrogens is 322 g/mol. The lowest BCUT2D eigenvalue weighted by Gasteiger charge is -2.36. The van der Waals surface area contributed by atoms with Crippen molar-refractivity contribution in [2.75, 3.05) is 0 Å². The molecule has 2 heterocycles. The third-order valence-electron chi connectivity index (χ3n) is 4.59. The average molecular weight is 344 g/mol. The SMILES string of the molecule is C=CC[C@@H]1CC=C[C@@H](C)N1Cc1nc(-c2cc(F)cc(F)c2)oc1C. The van der Waals surface area contributed by atoms with Crippen molar-refractivity contribution in [3.63, 3.8) is 0 Å². The minimum atomic E-state index is -0.645. The van der Waals surface area contributed by atoms with Gasteiger partial charge < -0.3 is 4.42 Å². The maximum atomic E-state index is 13.4. The van der Waals surface area contributed by atoms with Crippen molar-refractivity contribution < 1.29 is 13.2 Å². The zero-order chi connectivity index (χ0) is 18.0. The van der Waals surface area contributed by atoms with Crippen molar-refractivity contribution in [1.29, 1.82) is 0 Å². The Morgan fingerprint density at radius 1 is 1.32 bits per heavy atom. The number of halogens is 2. The van der Waals surface area contributed by atoms with Crippen molar-refractivity contribution in [3.8, 4) is 11.5 Å². The summed E-state index contributed by atoms with van der Waals surface area (Å²) in [7, 11) is 0. The molecule has 0 bridgehead atoms. The van der Waals surface area contributed by atoms with Gasteiger partial charge in [-0.15, -0.1) is 6.58 Å². The van der Waals surface area contributed by atoms with Crippen LogP contribution in [0, 0.1) is 18.6 Å². The summed E-state index contributed by atoms with van der Waals surface area (Å²) in [4.78, 5) is 6.84. The van der Waals surface area contributed by atoms with Crippen LogP contribution in [0.4, 0.5) is 8.78 Å². The van der Waals surface area contributed by atoms with Crippen LogP contribution in [0.1, 0.15) is 31.2 Å². The molecule has 1 aromatic carbocycles. The summed E-state index contributed by atoms with van der Waals surface area (Å²) in [6.45, 7) is 8.44. The number of benzene rings is 1. The van der Waals surface area contributed by atoms with Crippen LogP contribution in [0.25, 0.3) is 11.5 Å². The minimum Gasteiger partial charge on any atom is -0.441 e. The summed E-state index contributed by atoms with van der Waals surface area (Å²) in [6, 6.07) is 3.94. The van der Waals surface area contributed by atoms with Gasteiger partial charge in [0.1, 0.15) is 17.4 Å². The molecule has 25 heavy (non-hydrogen) atoms. The summed E-state index contributed by atoms with van der Waals surface area (Å²) in [5.41, 5.74) is 1.09. The van der Waals surface area contributed by atoms with Crippen molar-refractivity contribution in [2.45, 2.75) is 45.3 Å². The molecule has 2 atom stereocenters. The first-order valence-electron chi connectivity index (χ1n) is 8.44. The molecule has 0 fully saturated rings. The van der Waals surface area contributed by atoms with Gasteiger partial charge in [0.05, 0.1) is 5.69 Å². The standard InChI is InChI=1S/C20H22F2N2O/c1-4-6-18-8-5-7-13(2)24(18)12-19-14(3)25-20(23-19)15-9-16(21)11-17(22)10-15/h4-5,7,9-11,13,18H,1,6,8,12H2,2-3H3/t13-,18-/m1/s1. The second-order valence-corrected chi connectivity index (χ2v) is 6.44. The summed E-state index contributed by atoms with van der Waals surface area (Å²) in [5.74, 6) is -0.383. The topological polar surface area (TPSA) is 29.3 Å². The summed E-state index contributed by atoms with van der Waals surface area (Å²) >= 11 is 0. The van der Waals surface area contributed by atoms with Crippen LogP contribution in [0.2, 0.25) is 0 Å². The molecule has 2 aromatic rings. The van der Waals surface area contributed by atoms with E-state index in [-0.39, 0.29) is 11.9 Å². The van der Waals surface area contributed by atoms with Crippen molar-refractivity contribution in [1.82, 2.24) is 9.88 Å². The van der Waals surface area contributed by atoms with E-state index in [4.69, 9.17) is 4.42 Å². The highest BCUT2D eigenvalue weighted by Crippen LogP contribution is 2.27. The number of aryl methyl sites for hydroxylation is 1. The molecule has 1 aromatic heterocycles. The van der Waals surface area contributed by atoms with Crippen molar-refractivity contribution in [3.05, 3.63) is 66.1 Å². The molecule has 0 saturated heterocycles. The van der Waals surface area contributed by atoms with E-state index < -0.39 is 11.6 Å². The number of oxazole rings is 1. The number of nitrogens with zero attached hydrogens (tertiary/aromatic N) is 2. The van der Waals surface area contributed by atoms with Gasteiger partial charge in [-0.05, 0) is 38.8 Å². The third-order valence-corrected chi connectivity index (χ3v) is 4.59. The predicted molar refractivity (Wildman–Crippen MR) is 94.0 cm³/mol. The Bertz CT molecular complexity index is 777. The van der Waals surface area contributed by atoms with E-state index in [1.165, 1.54) is 12.1 Å². The Hall–Kier alpha value is -2.27. The monoisotopic (exact) mass is 344 g/mol. The first-order chi connectivity index (χ1) is 12.0. The minimum absolute atomic E-state index is 0.242. The zero-order valence-corrected chi connectivity index (χ0v) is 14.5. The van der Waals surface area contributed by atoms with Crippen LogP contribution in [-0.4, -0.2) is 22.0 Å². The summed E-state index contributed by atoms with van der Waals surface area (Å²) in [5, 5.41) is 0. The van der Waals surface area contributed by atoms with Gasteiger partial charge in [-0.25, -0.2) is 13.8 Å². The number of hydrogen-bond acceptors (Lipinski definition) is 3. The van der Waals surface area contributed by atoms with Crippen LogP contribution in [0.3, 0.4) is 0 Å². The largest absolute Gasteiger partial charge is 0.441 e. The van der Waals surface area contributed by atoms with Crippen LogP contribution < -0.4 is 0 Å². The molecule has 0 spiro atoms. The zero-order valence-electron chi connectivity index (χ0n) is 14.5. The van der Waals surface area contributed by atoms with E-state index in [1.54, 1.807) is 0 Å². The second-order valence-electron chi connectivity index (χ2n) is 6.44. The van der Waals surface area contributed by atoms with Crippen LogP contribution in [0.5, 0.6) is 0 Å². The fraction of sp³-hybridized carbons (Fsp3) is 0.350. The van der Waals surface area contributed by atoms with Crippen molar-refractivity contribution >= 4 is 0 Å². The Morgan fingerprint density at radius 3 is 2.72 bits per heavy atom. The molecular formula is C20H22F2N2O. The second kappa shape index (κ2) is 7.31. The van der Waals surface area contributed by atoms with Gasteiger partial charge in [0, 0.05) is 30.3 Å². The highest BCUT2D eigenvalue weighted by atomic mass is 19.1. The van der Waals surface area contributed by atoms with E-state index in [1.807, 2.05) is 13.0 Å². The number of rotatable bonds is 5. The molecule has 132 valence electrons. The molecule has 0 unspecified atom stereocenters. The molecule has 3 nitrogen and oxygen atoms in total. The predicted octanol–water partition coefficient (Wildman–Crippen LogP) is 5.02. The molecule has 5 heteroatoms. The van der Waals surface area contributed by atoms with E-state index >= 15 is 0 Å². The maximum absolute atomic E-state index is 13.4. The van der Waals surface area contributed by atoms with Crippen LogP contribution in [0.15, 0.2) is 47.4 Å². The molecule has 3 rings (SSSR count). The van der Waals surface area contributed by atoms with Crippen LogP contribution >= 0.6 is 0 Å². The van der Waals surface area contributed by atoms with Crippen molar-refractivity contribution in [2.24, 2.45) is 0 Å². The fourth-order valence-corrected chi connectivity index (χ4v) is 3.26. The van der Waals surface area contributed by atoms with Gasteiger partial charge in [0.15, 0.2) is 0 Å². The highest BCUT2D eigenvalue weighted by Gasteiger charge is 2.26. The van der Waals surface area contributed by atoms with Gasteiger partial charge in [-0.2, -0.15) is 0 Å². The van der Waals surface area contributed by atoms with Gasteiger partial charge in [0.2, 0.25) is 5.89 Å². The highest BCUT2D eigenvalue weighted by molar-refractivity contribution is 5.53. The maximum Gasteiger partial charge on any atom is 0.226 e. The first-order valence-corrected chi connectivity index (χ1v) is 8.44. The van der Waals surface area contributed by atoms with E-state index in [0.29, 0.717) is 23.9 Å². The van der Waals surface area contributed by atoms with Crippen LogP contribution in [-0.2, 0) is 6.54 Å². The Kier molecular flexibility index (Phi) is 5.13. The smallest absolute Gasteiger partial charge is 0.226 e. The van der Waals surface area contributed by atoms with Gasteiger partial charge in [-0.1, -0.05) is 18.2 Å². The molecule has 0 radical (unpaired) electrons.